The van der Waals surface area contributed by atoms with Crippen molar-refractivity contribution in [3.8, 4) is 0 Å². The summed E-state index contributed by atoms with van der Waals surface area (Å²) in [5.74, 6) is 0.168. The molecule has 2 heteroatoms. The van der Waals surface area contributed by atoms with E-state index in [1.807, 2.05) is 0 Å². The maximum atomic E-state index is 11.0. The van der Waals surface area contributed by atoms with Gasteiger partial charge in [-0.2, -0.15) is 0 Å². The van der Waals surface area contributed by atoms with Crippen LogP contribution < -0.4 is 0 Å². The quantitative estimate of drug-likeness (QED) is 0.614. The Bertz CT molecular complexity index is 175. The fraction of sp³-hybridized carbons (Fsp3) is 0.727. The van der Waals surface area contributed by atoms with E-state index in [0.717, 1.165) is 6.42 Å². The molecule has 13 heavy (non-hydrogen) atoms. The summed E-state index contributed by atoms with van der Waals surface area (Å²) in [4.78, 5) is 11.0. The van der Waals surface area contributed by atoms with Crippen LogP contribution in [0.15, 0.2) is 12.2 Å². The van der Waals surface area contributed by atoms with E-state index in [4.69, 9.17) is 4.74 Å². The van der Waals surface area contributed by atoms with Gasteiger partial charge in [-0.25, -0.2) is 0 Å². The Balaban J connectivity index is 3.56. The number of hydrogen-bond acceptors (Lipinski definition) is 2. The van der Waals surface area contributed by atoms with Crippen LogP contribution >= 0.6 is 0 Å². The molecule has 0 heterocycles. The third-order valence-electron chi connectivity index (χ3n) is 1.51. The van der Waals surface area contributed by atoms with Gasteiger partial charge in [0.25, 0.3) is 0 Å². The van der Waals surface area contributed by atoms with Gasteiger partial charge in [-0.05, 0) is 11.8 Å². The molecule has 0 aromatic carbocycles. The van der Waals surface area contributed by atoms with Crippen molar-refractivity contribution in [2.24, 2.45) is 5.41 Å². The first-order valence-corrected chi connectivity index (χ1v) is 4.64. The van der Waals surface area contributed by atoms with Crippen LogP contribution in [0, 0.1) is 5.41 Å². The Kier molecular flexibility index (Phi) is 5.63. The van der Waals surface area contributed by atoms with Gasteiger partial charge in [0.05, 0.1) is 0 Å². The normalized spacial score (nSPS) is 12.3. The summed E-state index contributed by atoms with van der Waals surface area (Å²) >= 11 is 0. The molecule has 0 saturated carbocycles. The van der Waals surface area contributed by atoms with Crippen LogP contribution in [-0.4, -0.2) is 19.5 Å². The lowest BCUT2D eigenvalue weighted by Gasteiger charge is -2.10. The van der Waals surface area contributed by atoms with E-state index < -0.39 is 0 Å². The second kappa shape index (κ2) is 5.92. The average Bonchev–Trinajstić information content (AvgIpc) is 1.97. The number of rotatable bonds is 5. The van der Waals surface area contributed by atoms with Crippen molar-refractivity contribution < 1.29 is 9.53 Å². The lowest BCUT2D eigenvalue weighted by Crippen LogP contribution is -2.05. The minimum atomic E-state index is 0.168. The molecule has 0 saturated heterocycles. The smallest absolute Gasteiger partial charge is 0.158 e. The van der Waals surface area contributed by atoms with Crippen LogP contribution in [0.25, 0.3) is 0 Å². The van der Waals surface area contributed by atoms with E-state index in [2.05, 4.69) is 32.9 Å². The zero-order valence-electron chi connectivity index (χ0n) is 9.09. The molecule has 0 N–H and O–H groups in total. The average molecular weight is 184 g/mol. The van der Waals surface area contributed by atoms with Gasteiger partial charge in [0.15, 0.2) is 5.78 Å². The van der Waals surface area contributed by atoms with Crippen molar-refractivity contribution >= 4 is 5.78 Å². The molecule has 0 aliphatic carbocycles. The molecule has 0 radical (unpaired) electrons. The molecule has 0 amide bonds. The van der Waals surface area contributed by atoms with Crippen LogP contribution in [0.5, 0.6) is 0 Å². The largest absolute Gasteiger partial charge is 0.377 e. The van der Waals surface area contributed by atoms with E-state index in [1.54, 1.807) is 7.11 Å². The third-order valence-corrected chi connectivity index (χ3v) is 1.51. The van der Waals surface area contributed by atoms with Crippen LogP contribution in [0.2, 0.25) is 0 Å². The van der Waals surface area contributed by atoms with Crippen molar-refractivity contribution in [2.75, 3.05) is 13.7 Å². The molecular weight excluding hydrogens is 164 g/mol. The molecule has 0 aromatic heterocycles. The summed E-state index contributed by atoms with van der Waals surface area (Å²) in [5.41, 5.74) is 0.213. The van der Waals surface area contributed by atoms with Gasteiger partial charge in [0.1, 0.15) is 6.61 Å². The summed E-state index contributed by atoms with van der Waals surface area (Å²) in [6.45, 7) is 6.66. The third kappa shape index (κ3) is 9.28. The standard InChI is InChI=1S/C11H20O2/c1-11(2,3)8-6-5-7-10(12)9-13-4/h6,8H,5,7,9H2,1-4H3/b8-6+. The van der Waals surface area contributed by atoms with E-state index in [0.29, 0.717) is 6.42 Å². The van der Waals surface area contributed by atoms with Crippen molar-refractivity contribution in [3.05, 3.63) is 12.2 Å². The zero-order valence-corrected chi connectivity index (χ0v) is 9.09. The minimum absolute atomic E-state index is 0.168. The van der Waals surface area contributed by atoms with E-state index >= 15 is 0 Å². The van der Waals surface area contributed by atoms with Crippen LogP contribution in [0.4, 0.5) is 0 Å². The number of allylic oxidation sites excluding steroid dienone is 2. The monoisotopic (exact) mass is 184 g/mol. The maximum absolute atomic E-state index is 11.0. The molecule has 0 bridgehead atoms. The molecule has 0 aliphatic heterocycles. The lowest BCUT2D eigenvalue weighted by molar-refractivity contribution is -0.122. The molecule has 0 unspecified atom stereocenters. The molecule has 0 atom stereocenters. The highest BCUT2D eigenvalue weighted by Crippen LogP contribution is 2.14. The number of hydrogen-bond donors (Lipinski definition) is 0. The fourth-order valence-electron chi connectivity index (χ4n) is 0.914. The van der Waals surface area contributed by atoms with E-state index in [1.165, 1.54) is 0 Å². The molecule has 0 aliphatic rings. The molecule has 0 rings (SSSR count). The Hall–Kier alpha value is -0.630. The highest BCUT2D eigenvalue weighted by molar-refractivity contribution is 5.79. The highest BCUT2D eigenvalue weighted by atomic mass is 16.5. The van der Waals surface area contributed by atoms with Gasteiger partial charge in [0.2, 0.25) is 0 Å². The number of methoxy groups -OCH3 is 1. The molecule has 2 nitrogen and oxygen atoms in total. The number of carbonyl (C=O) groups is 1. The summed E-state index contributed by atoms with van der Waals surface area (Å²) in [6, 6.07) is 0. The first kappa shape index (κ1) is 12.4. The second-order valence-electron chi connectivity index (χ2n) is 4.28. The molecule has 0 fully saturated rings. The highest BCUT2D eigenvalue weighted by Gasteiger charge is 2.03. The number of Topliss-reactive ketones (excluding diaryl/α,β-unsaturated/α-hetero) is 1. The Morgan fingerprint density at radius 3 is 2.46 bits per heavy atom. The predicted molar refractivity (Wildman–Crippen MR) is 54.7 cm³/mol. The van der Waals surface area contributed by atoms with Crippen LogP contribution in [0.3, 0.4) is 0 Å². The van der Waals surface area contributed by atoms with E-state index in [-0.39, 0.29) is 17.8 Å². The van der Waals surface area contributed by atoms with Crippen LogP contribution in [-0.2, 0) is 9.53 Å². The Morgan fingerprint density at radius 1 is 1.38 bits per heavy atom. The van der Waals surface area contributed by atoms with Gasteiger partial charge in [-0.1, -0.05) is 32.9 Å². The summed E-state index contributed by atoms with van der Waals surface area (Å²) in [6.07, 6.45) is 5.60. The van der Waals surface area contributed by atoms with Gasteiger partial charge >= 0.3 is 0 Å². The lowest BCUT2D eigenvalue weighted by atomic mass is 9.96. The van der Waals surface area contributed by atoms with Crippen molar-refractivity contribution in [3.63, 3.8) is 0 Å². The van der Waals surface area contributed by atoms with Gasteiger partial charge in [-0.3, -0.25) is 4.79 Å². The summed E-state index contributed by atoms with van der Waals surface area (Å²) in [5, 5.41) is 0. The predicted octanol–water partition coefficient (Wildman–Crippen LogP) is 2.58. The maximum Gasteiger partial charge on any atom is 0.158 e. The molecule has 0 spiro atoms. The van der Waals surface area contributed by atoms with Gasteiger partial charge in [0, 0.05) is 13.5 Å². The SMILES string of the molecule is COCC(=O)CC/C=C/C(C)(C)C. The first-order valence-electron chi connectivity index (χ1n) is 4.64. The molecule has 76 valence electrons. The zero-order chi connectivity index (χ0) is 10.3. The fourth-order valence-corrected chi connectivity index (χ4v) is 0.914. The van der Waals surface area contributed by atoms with Gasteiger partial charge < -0.3 is 4.74 Å². The summed E-state index contributed by atoms with van der Waals surface area (Å²) in [7, 11) is 1.54. The minimum Gasteiger partial charge on any atom is -0.377 e. The van der Waals surface area contributed by atoms with Crippen molar-refractivity contribution in [2.45, 2.75) is 33.6 Å². The summed E-state index contributed by atoms with van der Waals surface area (Å²) < 4.78 is 4.73. The number of ether oxygens (including phenoxy) is 1. The van der Waals surface area contributed by atoms with Crippen molar-refractivity contribution in [1.82, 2.24) is 0 Å². The van der Waals surface area contributed by atoms with Gasteiger partial charge in [-0.15, -0.1) is 0 Å². The molecular formula is C11H20O2. The second-order valence-corrected chi connectivity index (χ2v) is 4.28. The topological polar surface area (TPSA) is 26.3 Å². The van der Waals surface area contributed by atoms with E-state index in [9.17, 15) is 4.79 Å². The number of carbonyl (C=O) groups excluding carboxylic acids is 1. The Morgan fingerprint density at radius 2 is 2.00 bits per heavy atom. The Labute approximate surface area is 81.0 Å². The molecule has 0 aromatic rings. The first-order chi connectivity index (χ1) is 5.95. The van der Waals surface area contributed by atoms with Crippen molar-refractivity contribution in [1.29, 1.82) is 0 Å². The van der Waals surface area contributed by atoms with Crippen LogP contribution in [0.1, 0.15) is 33.6 Å². The number of ketones is 1.